The third-order valence-corrected chi connectivity index (χ3v) is 6.10. The molecule has 0 aliphatic heterocycles. The molecular formula is C20H22N6O3S. The van der Waals surface area contributed by atoms with E-state index in [-0.39, 0.29) is 17.3 Å². The van der Waals surface area contributed by atoms with Gasteiger partial charge in [0.2, 0.25) is 21.9 Å². The number of fused-ring (bicyclic) bond motifs is 1. The fourth-order valence-electron chi connectivity index (χ4n) is 3.19. The molecule has 0 atom stereocenters. The lowest BCUT2D eigenvalue weighted by molar-refractivity contribution is 0.331. The predicted molar refractivity (Wildman–Crippen MR) is 114 cm³/mol. The zero-order chi connectivity index (χ0) is 21.3. The van der Waals surface area contributed by atoms with Gasteiger partial charge in [-0.2, -0.15) is 15.1 Å². The van der Waals surface area contributed by atoms with Crippen molar-refractivity contribution in [2.75, 3.05) is 11.9 Å². The molecule has 0 bridgehead atoms. The molecule has 0 radical (unpaired) electrons. The zero-order valence-corrected chi connectivity index (χ0v) is 17.7. The molecule has 1 aromatic carbocycles. The number of hydrogen-bond acceptors (Lipinski definition) is 7. The lowest BCUT2D eigenvalue weighted by Gasteiger charge is -2.11. The molecule has 4 aromatic rings. The summed E-state index contributed by atoms with van der Waals surface area (Å²) in [6.07, 6.45) is 3.29. The lowest BCUT2D eigenvalue weighted by Crippen LogP contribution is -2.15. The summed E-state index contributed by atoms with van der Waals surface area (Å²) in [6, 6.07) is 10.7. The molecule has 30 heavy (non-hydrogen) atoms. The van der Waals surface area contributed by atoms with Crippen molar-refractivity contribution < 1.29 is 13.2 Å². The maximum atomic E-state index is 13.1. The van der Waals surface area contributed by atoms with Crippen molar-refractivity contribution in [2.24, 2.45) is 7.05 Å². The van der Waals surface area contributed by atoms with Crippen molar-refractivity contribution in [1.29, 1.82) is 0 Å². The third-order valence-electron chi connectivity index (χ3n) is 4.51. The molecular weight excluding hydrogens is 404 g/mol. The van der Waals surface area contributed by atoms with Gasteiger partial charge in [0, 0.05) is 19.4 Å². The van der Waals surface area contributed by atoms with Gasteiger partial charge in [-0.15, -0.1) is 0 Å². The number of aryl methyl sites for hydroxylation is 2. The molecule has 0 saturated heterocycles. The minimum atomic E-state index is -3.70. The number of benzene rings is 1. The molecule has 0 saturated carbocycles. The van der Waals surface area contributed by atoms with Gasteiger partial charge in [0.25, 0.3) is 0 Å². The van der Waals surface area contributed by atoms with Crippen molar-refractivity contribution in [3.63, 3.8) is 0 Å². The molecule has 10 heteroatoms. The van der Waals surface area contributed by atoms with Crippen LogP contribution in [0.2, 0.25) is 0 Å². The number of nitrogens with one attached hydrogen (secondary N) is 1. The fraction of sp³-hybridized carbons (Fsp3) is 0.250. The monoisotopic (exact) mass is 426 g/mol. The minimum absolute atomic E-state index is 0.143. The van der Waals surface area contributed by atoms with E-state index in [2.05, 4.69) is 20.4 Å². The van der Waals surface area contributed by atoms with Gasteiger partial charge >= 0.3 is 0 Å². The van der Waals surface area contributed by atoms with Gasteiger partial charge in [-0.05, 0) is 25.5 Å². The summed E-state index contributed by atoms with van der Waals surface area (Å²) in [5.41, 5.74) is 2.45. The van der Waals surface area contributed by atoms with E-state index in [1.165, 1.54) is 10.2 Å². The van der Waals surface area contributed by atoms with Crippen LogP contribution in [0.5, 0.6) is 5.88 Å². The van der Waals surface area contributed by atoms with Crippen LogP contribution in [0.15, 0.2) is 48.8 Å². The zero-order valence-electron chi connectivity index (χ0n) is 16.9. The van der Waals surface area contributed by atoms with E-state index in [0.717, 1.165) is 11.4 Å². The standard InChI is InChI=1S/C20H22N6O3S/c1-4-29-19-16-10-11-26(30(27,28)13-15-8-6-5-7-9-15)18(16)22-20(23-19)21-17-12-25(3)24-14(17)2/h5-12H,4,13H2,1-3H3,(H,21,22,23). The minimum Gasteiger partial charge on any atom is -0.477 e. The quantitative estimate of drug-likeness (QED) is 0.484. The van der Waals surface area contributed by atoms with Crippen LogP contribution in [-0.2, 0) is 22.8 Å². The molecule has 0 amide bonds. The Morgan fingerprint density at radius 3 is 2.57 bits per heavy atom. The Kier molecular flexibility index (Phi) is 5.17. The molecule has 9 nitrogen and oxygen atoms in total. The molecule has 156 valence electrons. The highest BCUT2D eigenvalue weighted by atomic mass is 32.2. The van der Waals surface area contributed by atoms with Crippen LogP contribution >= 0.6 is 0 Å². The van der Waals surface area contributed by atoms with Gasteiger partial charge in [-0.3, -0.25) is 4.68 Å². The molecule has 0 aliphatic rings. The van der Waals surface area contributed by atoms with Crippen LogP contribution in [-0.4, -0.2) is 38.7 Å². The van der Waals surface area contributed by atoms with E-state index in [4.69, 9.17) is 4.74 Å². The van der Waals surface area contributed by atoms with E-state index in [1.807, 2.05) is 39.1 Å². The molecule has 0 spiro atoms. The van der Waals surface area contributed by atoms with Crippen LogP contribution < -0.4 is 10.1 Å². The topological polar surface area (TPSA) is 104 Å². The first-order chi connectivity index (χ1) is 14.4. The number of anilines is 2. The van der Waals surface area contributed by atoms with Gasteiger partial charge < -0.3 is 10.1 Å². The first kappa shape index (κ1) is 19.9. The number of ether oxygens (including phenoxy) is 1. The highest BCUT2D eigenvalue weighted by molar-refractivity contribution is 7.89. The number of hydrogen-bond donors (Lipinski definition) is 1. The SMILES string of the molecule is CCOc1nc(Nc2cn(C)nc2C)nc2c1ccn2S(=O)(=O)Cc1ccccc1. The normalized spacial score (nSPS) is 11.7. The van der Waals surface area contributed by atoms with Gasteiger partial charge in [0.15, 0.2) is 5.65 Å². The van der Waals surface area contributed by atoms with Crippen molar-refractivity contribution in [1.82, 2.24) is 23.7 Å². The smallest absolute Gasteiger partial charge is 0.244 e. The second-order valence-electron chi connectivity index (χ2n) is 6.80. The number of aromatic nitrogens is 5. The summed E-state index contributed by atoms with van der Waals surface area (Å²) in [4.78, 5) is 8.90. The van der Waals surface area contributed by atoms with Crippen LogP contribution in [0.25, 0.3) is 11.0 Å². The van der Waals surface area contributed by atoms with E-state index >= 15 is 0 Å². The Labute approximate surface area is 174 Å². The molecule has 0 aliphatic carbocycles. The van der Waals surface area contributed by atoms with Gasteiger partial charge in [-0.25, -0.2) is 12.4 Å². The Hall–Kier alpha value is -3.40. The van der Waals surface area contributed by atoms with E-state index in [9.17, 15) is 8.42 Å². The van der Waals surface area contributed by atoms with Crippen molar-refractivity contribution >= 4 is 32.7 Å². The number of rotatable bonds is 7. The molecule has 1 N–H and O–H groups in total. The van der Waals surface area contributed by atoms with Gasteiger partial charge in [0.1, 0.15) is 0 Å². The Bertz CT molecular complexity index is 1300. The highest BCUT2D eigenvalue weighted by Crippen LogP contribution is 2.28. The average molecular weight is 427 g/mol. The second kappa shape index (κ2) is 7.79. The van der Waals surface area contributed by atoms with Crippen LogP contribution in [0.1, 0.15) is 18.2 Å². The third kappa shape index (κ3) is 3.86. The molecule has 4 rings (SSSR count). The Morgan fingerprint density at radius 2 is 1.90 bits per heavy atom. The summed E-state index contributed by atoms with van der Waals surface area (Å²) in [6.45, 7) is 4.09. The largest absolute Gasteiger partial charge is 0.477 e. The molecule has 0 unspecified atom stereocenters. The molecule has 3 heterocycles. The van der Waals surface area contributed by atoms with Crippen LogP contribution in [0.4, 0.5) is 11.6 Å². The Morgan fingerprint density at radius 1 is 1.13 bits per heavy atom. The highest BCUT2D eigenvalue weighted by Gasteiger charge is 2.21. The Balaban J connectivity index is 1.79. The summed E-state index contributed by atoms with van der Waals surface area (Å²) in [5.74, 6) is 0.410. The summed E-state index contributed by atoms with van der Waals surface area (Å²) in [7, 11) is -1.88. The maximum absolute atomic E-state index is 13.1. The summed E-state index contributed by atoms with van der Waals surface area (Å²) < 4.78 is 34.7. The van der Waals surface area contributed by atoms with Crippen molar-refractivity contribution in [2.45, 2.75) is 19.6 Å². The van der Waals surface area contributed by atoms with Crippen molar-refractivity contribution in [3.8, 4) is 5.88 Å². The average Bonchev–Trinajstić information content (AvgIpc) is 3.26. The summed E-state index contributed by atoms with van der Waals surface area (Å²) >= 11 is 0. The number of nitrogens with zero attached hydrogens (tertiary/aromatic N) is 5. The van der Waals surface area contributed by atoms with Crippen molar-refractivity contribution in [3.05, 3.63) is 60.0 Å². The van der Waals surface area contributed by atoms with Gasteiger partial charge in [0.05, 0.1) is 29.1 Å². The summed E-state index contributed by atoms with van der Waals surface area (Å²) in [5, 5.41) is 7.93. The van der Waals surface area contributed by atoms with Crippen LogP contribution in [0.3, 0.4) is 0 Å². The maximum Gasteiger partial charge on any atom is 0.244 e. The molecule has 0 fully saturated rings. The predicted octanol–water partition coefficient (Wildman–Crippen LogP) is 2.99. The van der Waals surface area contributed by atoms with Crippen LogP contribution in [0, 0.1) is 6.92 Å². The van der Waals surface area contributed by atoms with Gasteiger partial charge in [-0.1, -0.05) is 30.3 Å². The van der Waals surface area contributed by atoms with E-state index < -0.39 is 10.0 Å². The first-order valence-electron chi connectivity index (χ1n) is 9.43. The first-order valence-corrected chi connectivity index (χ1v) is 11.0. The van der Waals surface area contributed by atoms with E-state index in [1.54, 1.807) is 29.1 Å². The second-order valence-corrected chi connectivity index (χ2v) is 8.65. The fourth-order valence-corrected chi connectivity index (χ4v) is 4.59. The van der Waals surface area contributed by atoms with E-state index in [0.29, 0.717) is 23.4 Å². The molecule has 3 aromatic heterocycles. The lowest BCUT2D eigenvalue weighted by atomic mass is 10.2.